The average Bonchev–Trinajstić information content (AvgIpc) is 3.06. The zero-order chi connectivity index (χ0) is 13.7. The van der Waals surface area contributed by atoms with Crippen molar-refractivity contribution < 1.29 is 24.6 Å². The summed E-state index contributed by atoms with van der Waals surface area (Å²) < 4.78 is 0. The van der Waals surface area contributed by atoms with E-state index >= 15 is 0 Å². The lowest BCUT2D eigenvalue weighted by atomic mass is 10.1. The minimum atomic E-state index is -1.10. The molecule has 6 nitrogen and oxygen atoms in total. The number of piperidine rings is 1. The Kier molecular flexibility index (Phi) is 2.35. The highest BCUT2D eigenvalue weighted by molar-refractivity contribution is 6.13. The molecular formula is C13H11NO5. The molecule has 6 heteroatoms. The van der Waals surface area contributed by atoms with E-state index in [1.165, 1.54) is 6.07 Å². The lowest BCUT2D eigenvalue weighted by Gasteiger charge is -2.18. The van der Waals surface area contributed by atoms with Crippen molar-refractivity contribution >= 4 is 17.8 Å². The predicted octanol–water partition coefficient (Wildman–Crippen LogP) is 0.208. The van der Waals surface area contributed by atoms with E-state index in [1.54, 1.807) is 18.2 Å². The van der Waals surface area contributed by atoms with Crippen molar-refractivity contribution in [2.24, 2.45) is 17.8 Å². The molecule has 1 heterocycles. The smallest absolute Gasteiger partial charge is 0.308 e. The Morgan fingerprint density at radius 2 is 1.74 bits per heavy atom. The van der Waals surface area contributed by atoms with Gasteiger partial charge in [-0.3, -0.25) is 19.3 Å². The van der Waals surface area contributed by atoms with Gasteiger partial charge in [0.15, 0.2) is 0 Å². The van der Waals surface area contributed by atoms with Gasteiger partial charge in [0, 0.05) is 5.56 Å². The Morgan fingerprint density at radius 1 is 1.16 bits per heavy atom. The predicted molar refractivity (Wildman–Crippen MR) is 61.8 cm³/mol. The number of carboxylic acid groups (broad SMARTS) is 1. The summed E-state index contributed by atoms with van der Waals surface area (Å²) in [5.41, 5.74) is 0.470. The van der Waals surface area contributed by atoms with Gasteiger partial charge in [-0.05, 0) is 6.07 Å². The molecule has 1 saturated carbocycles. The molecule has 2 amide bonds. The molecule has 2 aliphatic rings. The maximum absolute atomic E-state index is 11.9. The topological polar surface area (TPSA) is 94.9 Å². The number of hydrogen-bond donors (Lipinski definition) is 2. The number of carbonyl (C=O) groups excluding carboxylic acids is 2. The molecule has 1 saturated heterocycles. The highest BCUT2D eigenvalue weighted by Gasteiger charge is 2.70. The number of imide groups is 1. The van der Waals surface area contributed by atoms with Gasteiger partial charge in [0.05, 0.1) is 24.3 Å². The fourth-order valence-electron chi connectivity index (χ4n) is 2.67. The van der Waals surface area contributed by atoms with Crippen molar-refractivity contribution in [3.8, 4) is 5.75 Å². The minimum Gasteiger partial charge on any atom is -0.508 e. The van der Waals surface area contributed by atoms with E-state index in [-0.39, 0.29) is 12.3 Å². The molecule has 3 rings (SSSR count). The van der Waals surface area contributed by atoms with Crippen LogP contribution in [0.15, 0.2) is 24.3 Å². The number of hydrogen-bond acceptors (Lipinski definition) is 4. The summed E-state index contributed by atoms with van der Waals surface area (Å²) in [6, 6.07) is 6.43. The summed E-state index contributed by atoms with van der Waals surface area (Å²) in [6.45, 7) is -0.0102. The zero-order valence-electron chi connectivity index (χ0n) is 9.81. The van der Waals surface area contributed by atoms with Gasteiger partial charge in [0.1, 0.15) is 5.75 Å². The second-order valence-corrected chi connectivity index (χ2v) is 4.81. The molecule has 2 fully saturated rings. The number of amides is 2. The first-order chi connectivity index (χ1) is 9.02. The Balaban J connectivity index is 1.79. The molecule has 2 atom stereocenters. The number of nitrogens with zero attached hydrogens (tertiary/aromatic N) is 1. The highest BCUT2D eigenvalue weighted by atomic mass is 16.4. The van der Waals surface area contributed by atoms with E-state index in [0.717, 1.165) is 4.90 Å². The number of rotatable bonds is 3. The van der Waals surface area contributed by atoms with E-state index in [9.17, 15) is 19.5 Å². The van der Waals surface area contributed by atoms with E-state index in [0.29, 0.717) is 5.56 Å². The van der Waals surface area contributed by atoms with Crippen molar-refractivity contribution in [1.82, 2.24) is 4.90 Å². The molecule has 0 radical (unpaired) electrons. The van der Waals surface area contributed by atoms with Gasteiger partial charge in [0.2, 0.25) is 11.8 Å². The standard InChI is InChI=1S/C13H11NO5/c15-7-4-2-1-3-6(7)5-14-11(16)8-9(12(14)17)10(8)13(18)19/h1-4,8-10,15H,5H2,(H,18,19). The Morgan fingerprint density at radius 3 is 2.26 bits per heavy atom. The van der Waals surface area contributed by atoms with E-state index in [1.807, 2.05) is 0 Å². The summed E-state index contributed by atoms with van der Waals surface area (Å²) >= 11 is 0. The third-order valence-corrected chi connectivity index (χ3v) is 3.73. The van der Waals surface area contributed by atoms with Gasteiger partial charge in [-0.1, -0.05) is 18.2 Å². The van der Waals surface area contributed by atoms with Gasteiger partial charge >= 0.3 is 5.97 Å². The van der Waals surface area contributed by atoms with E-state index < -0.39 is 35.5 Å². The number of aliphatic carboxylic acids is 1. The largest absolute Gasteiger partial charge is 0.508 e. The maximum Gasteiger partial charge on any atom is 0.308 e. The van der Waals surface area contributed by atoms with Crippen LogP contribution in [0.3, 0.4) is 0 Å². The lowest BCUT2D eigenvalue weighted by molar-refractivity contribution is -0.149. The average molecular weight is 261 g/mol. The summed E-state index contributed by atoms with van der Waals surface area (Å²) in [5.74, 6) is -4.28. The number of likely N-dealkylation sites (tertiary alicyclic amines) is 1. The molecule has 1 aromatic carbocycles. The first kappa shape index (κ1) is 11.7. The van der Waals surface area contributed by atoms with E-state index in [2.05, 4.69) is 0 Å². The van der Waals surface area contributed by atoms with Gasteiger partial charge in [-0.15, -0.1) is 0 Å². The lowest BCUT2D eigenvalue weighted by Crippen LogP contribution is -2.35. The van der Waals surface area contributed by atoms with Crippen molar-refractivity contribution in [2.45, 2.75) is 6.54 Å². The number of carboxylic acids is 1. The van der Waals surface area contributed by atoms with Crippen molar-refractivity contribution in [2.75, 3.05) is 0 Å². The monoisotopic (exact) mass is 261 g/mol. The van der Waals surface area contributed by atoms with Crippen LogP contribution in [0.1, 0.15) is 5.56 Å². The number of benzene rings is 1. The fourth-order valence-corrected chi connectivity index (χ4v) is 2.67. The number of phenols is 1. The van der Waals surface area contributed by atoms with Gasteiger partial charge < -0.3 is 10.2 Å². The van der Waals surface area contributed by atoms with Crippen LogP contribution >= 0.6 is 0 Å². The van der Waals surface area contributed by atoms with Gasteiger partial charge in [0.25, 0.3) is 0 Å². The third kappa shape index (κ3) is 1.60. The molecule has 0 bridgehead atoms. The van der Waals surface area contributed by atoms with Crippen molar-refractivity contribution in [3.63, 3.8) is 0 Å². The Bertz CT molecular complexity index is 574. The van der Waals surface area contributed by atoms with Gasteiger partial charge in [-0.25, -0.2) is 0 Å². The molecule has 19 heavy (non-hydrogen) atoms. The second kappa shape index (κ2) is 3.81. The summed E-state index contributed by atoms with van der Waals surface area (Å²) in [4.78, 5) is 35.8. The number of phenolic OH excluding ortho intramolecular Hbond substituents is 1. The summed E-state index contributed by atoms with van der Waals surface area (Å²) in [5, 5.41) is 18.5. The van der Waals surface area contributed by atoms with Crippen LogP contribution in [0.25, 0.3) is 0 Å². The van der Waals surface area contributed by atoms with Gasteiger partial charge in [-0.2, -0.15) is 0 Å². The number of carbonyl (C=O) groups is 3. The number of para-hydroxylation sites is 1. The minimum absolute atomic E-state index is 0.0102. The van der Waals surface area contributed by atoms with Crippen LogP contribution in [0.5, 0.6) is 5.75 Å². The van der Waals surface area contributed by atoms with Crippen LogP contribution in [-0.2, 0) is 20.9 Å². The molecule has 2 N–H and O–H groups in total. The molecule has 1 aromatic rings. The normalized spacial score (nSPS) is 28.4. The second-order valence-electron chi connectivity index (χ2n) is 4.81. The van der Waals surface area contributed by atoms with Crippen molar-refractivity contribution in [3.05, 3.63) is 29.8 Å². The third-order valence-electron chi connectivity index (χ3n) is 3.73. The molecule has 0 aromatic heterocycles. The quantitative estimate of drug-likeness (QED) is 0.758. The Labute approximate surface area is 108 Å². The summed E-state index contributed by atoms with van der Waals surface area (Å²) in [7, 11) is 0. The molecule has 2 unspecified atom stereocenters. The van der Waals surface area contributed by atoms with Crippen molar-refractivity contribution in [1.29, 1.82) is 0 Å². The zero-order valence-corrected chi connectivity index (χ0v) is 9.81. The van der Waals surface area contributed by atoms with E-state index in [4.69, 9.17) is 5.11 Å². The molecule has 1 aliphatic heterocycles. The van der Waals surface area contributed by atoms with Crippen LogP contribution in [0, 0.1) is 17.8 Å². The molecule has 98 valence electrons. The molecule has 0 spiro atoms. The SMILES string of the molecule is O=C(O)C1C2C(=O)N(Cc3ccccc3O)C(=O)C12. The van der Waals surface area contributed by atoms with Crippen LogP contribution < -0.4 is 0 Å². The summed E-state index contributed by atoms with van der Waals surface area (Å²) in [6.07, 6.45) is 0. The molecule has 1 aliphatic carbocycles. The number of fused-ring (bicyclic) bond motifs is 1. The van der Waals surface area contributed by atoms with Crippen LogP contribution in [0.4, 0.5) is 0 Å². The number of aromatic hydroxyl groups is 1. The fraction of sp³-hybridized carbons (Fsp3) is 0.308. The maximum atomic E-state index is 11.9. The first-order valence-corrected chi connectivity index (χ1v) is 5.87. The first-order valence-electron chi connectivity index (χ1n) is 5.87. The van der Waals surface area contributed by atoms with Crippen LogP contribution in [-0.4, -0.2) is 32.9 Å². The van der Waals surface area contributed by atoms with Crippen LogP contribution in [0.2, 0.25) is 0 Å². The Hall–Kier alpha value is -2.37. The molecular weight excluding hydrogens is 250 g/mol. The highest BCUT2D eigenvalue weighted by Crippen LogP contribution is 2.53.